The third-order valence-corrected chi connectivity index (χ3v) is 8.97. The van der Waals surface area contributed by atoms with E-state index >= 15 is 0 Å². The Morgan fingerprint density at radius 1 is 0.615 bits per heavy atom. The van der Waals surface area contributed by atoms with E-state index in [0.717, 1.165) is 16.2 Å². The summed E-state index contributed by atoms with van der Waals surface area (Å²) in [5.74, 6) is 0.821. The summed E-state index contributed by atoms with van der Waals surface area (Å²) in [6.07, 6.45) is 1.59. The van der Waals surface area contributed by atoms with Gasteiger partial charge in [0.15, 0.2) is 0 Å². The lowest BCUT2D eigenvalue weighted by Crippen LogP contribution is -2.30. The minimum Gasteiger partial charge on any atom is -0.497 e. The summed E-state index contributed by atoms with van der Waals surface area (Å²) >= 11 is 1.35. The van der Waals surface area contributed by atoms with Gasteiger partial charge < -0.3 is 25.4 Å². The molecule has 0 radical (unpaired) electrons. The molecule has 0 heterocycles. The van der Waals surface area contributed by atoms with Crippen LogP contribution in [-0.4, -0.2) is 24.8 Å². The summed E-state index contributed by atoms with van der Waals surface area (Å²) in [4.78, 5) is 41.4. The summed E-state index contributed by atoms with van der Waals surface area (Å²) in [5, 5.41) is 8.10. The lowest BCUT2D eigenvalue weighted by Gasteiger charge is -2.18. The van der Waals surface area contributed by atoms with Crippen molar-refractivity contribution in [2.24, 2.45) is 0 Å². The Morgan fingerprint density at radius 2 is 1.25 bits per heavy atom. The highest BCUT2D eigenvalue weighted by molar-refractivity contribution is 8.00. The first-order valence-electron chi connectivity index (χ1n) is 16.4. The average molecular weight is 706 g/mol. The number of thioether (sulfide) groups is 1. The smallest absolute Gasteiger partial charge is 0.272 e. The summed E-state index contributed by atoms with van der Waals surface area (Å²) in [6.45, 7) is 0. The summed E-state index contributed by atoms with van der Waals surface area (Å²) in [5.41, 5.74) is 3.05. The molecule has 0 aliphatic heterocycles. The van der Waals surface area contributed by atoms with Crippen molar-refractivity contribution in [3.8, 4) is 17.2 Å². The maximum atomic E-state index is 13.8. The van der Waals surface area contributed by atoms with E-state index in [9.17, 15) is 14.4 Å². The SMILES string of the molecule is COc1cccc(/C=C(\NC(=O)c2ccccc2)C(=O)Nc2cccc(SC(C(=O)Nc3ccc(Oc4ccccc4)cc3)c3ccccc3)c2)c1. The number of anilines is 2. The Labute approximate surface area is 306 Å². The average Bonchev–Trinajstić information content (AvgIpc) is 3.18. The first kappa shape index (κ1) is 35.3. The number of carbonyl (C=O) groups excluding carboxylic acids is 3. The van der Waals surface area contributed by atoms with Gasteiger partial charge in [-0.25, -0.2) is 0 Å². The van der Waals surface area contributed by atoms with Crippen LogP contribution in [0.1, 0.15) is 26.7 Å². The normalized spacial score (nSPS) is 11.5. The number of rotatable bonds is 13. The Balaban J connectivity index is 1.19. The molecule has 0 bridgehead atoms. The zero-order chi connectivity index (χ0) is 36.1. The van der Waals surface area contributed by atoms with Crippen LogP contribution in [0.3, 0.4) is 0 Å². The molecular weight excluding hydrogens is 671 g/mol. The van der Waals surface area contributed by atoms with Crippen LogP contribution in [0.4, 0.5) is 11.4 Å². The molecule has 0 aliphatic carbocycles. The molecule has 8 nitrogen and oxygen atoms in total. The lowest BCUT2D eigenvalue weighted by molar-refractivity contribution is -0.116. The molecule has 6 aromatic carbocycles. The molecule has 3 amide bonds. The molecule has 52 heavy (non-hydrogen) atoms. The van der Waals surface area contributed by atoms with Gasteiger partial charge in [0.25, 0.3) is 11.8 Å². The molecule has 1 atom stereocenters. The highest BCUT2D eigenvalue weighted by Gasteiger charge is 2.23. The van der Waals surface area contributed by atoms with E-state index in [1.54, 1.807) is 98.1 Å². The van der Waals surface area contributed by atoms with Crippen LogP contribution < -0.4 is 25.4 Å². The largest absolute Gasteiger partial charge is 0.497 e. The third-order valence-electron chi connectivity index (χ3n) is 7.72. The number of hydrogen-bond acceptors (Lipinski definition) is 6. The van der Waals surface area contributed by atoms with Crippen LogP contribution in [0, 0.1) is 0 Å². The van der Waals surface area contributed by atoms with Crippen molar-refractivity contribution >= 4 is 46.9 Å². The number of amides is 3. The summed E-state index contributed by atoms with van der Waals surface area (Å²) in [7, 11) is 1.56. The molecule has 0 spiro atoms. The molecular formula is C43H35N3O5S. The molecule has 0 fully saturated rings. The summed E-state index contributed by atoms with van der Waals surface area (Å²) < 4.78 is 11.2. The fourth-order valence-corrected chi connectivity index (χ4v) is 6.25. The van der Waals surface area contributed by atoms with Gasteiger partial charge in [0.05, 0.1) is 7.11 Å². The second-order valence-electron chi connectivity index (χ2n) is 11.5. The van der Waals surface area contributed by atoms with Crippen LogP contribution >= 0.6 is 11.8 Å². The number of nitrogens with one attached hydrogen (secondary N) is 3. The molecule has 9 heteroatoms. The lowest BCUT2D eigenvalue weighted by atomic mass is 10.1. The molecule has 0 saturated heterocycles. The van der Waals surface area contributed by atoms with Crippen molar-refractivity contribution in [3.63, 3.8) is 0 Å². The number of benzene rings is 6. The molecule has 0 aliphatic rings. The highest BCUT2D eigenvalue weighted by Crippen LogP contribution is 2.37. The fraction of sp³-hybridized carbons (Fsp3) is 0.0465. The summed E-state index contributed by atoms with van der Waals surface area (Å²) in [6, 6.07) is 49.2. The standard InChI is InChI=1S/C43H35N3O5S/c1-50-37-21-11-13-30(27-37)28-39(46-41(47)32-16-7-3-8-17-32)42(48)45-34-18-12-22-38(29-34)52-40(31-14-5-2-6-15-31)43(49)44-33-23-25-36(26-24-33)51-35-19-9-4-10-20-35/h2-29,40H,1H3,(H,44,49)(H,45,48)(H,46,47)/b39-28-. The number of para-hydroxylation sites is 1. The molecule has 0 aromatic heterocycles. The second kappa shape index (κ2) is 17.4. The van der Waals surface area contributed by atoms with Gasteiger partial charge in [-0.1, -0.05) is 84.9 Å². The van der Waals surface area contributed by atoms with Gasteiger partial charge in [-0.15, -0.1) is 11.8 Å². The molecule has 3 N–H and O–H groups in total. The van der Waals surface area contributed by atoms with Gasteiger partial charge in [0.2, 0.25) is 5.91 Å². The molecule has 258 valence electrons. The molecule has 1 unspecified atom stereocenters. The van der Waals surface area contributed by atoms with E-state index in [2.05, 4.69) is 16.0 Å². The maximum absolute atomic E-state index is 13.8. The zero-order valence-corrected chi connectivity index (χ0v) is 29.0. The number of methoxy groups -OCH3 is 1. The monoisotopic (exact) mass is 705 g/mol. The number of ether oxygens (including phenoxy) is 2. The minimum absolute atomic E-state index is 0.0434. The van der Waals surface area contributed by atoms with Crippen molar-refractivity contribution in [2.75, 3.05) is 17.7 Å². The Bertz CT molecular complexity index is 2160. The Hall–Kier alpha value is -6.58. The van der Waals surface area contributed by atoms with Crippen molar-refractivity contribution in [3.05, 3.63) is 186 Å². The van der Waals surface area contributed by atoms with E-state index in [1.165, 1.54) is 11.8 Å². The van der Waals surface area contributed by atoms with E-state index in [1.807, 2.05) is 78.9 Å². The predicted octanol–water partition coefficient (Wildman–Crippen LogP) is 9.37. The van der Waals surface area contributed by atoms with Gasteiger partial charge in [-0.3, -0.25) is 14.4 Å². The second-order valence-corrected chi connectivity index (χ2v) is 12.7. The number of hydrogen-bond donors (Lipinski definition) is 3. The van der Waals surface area contributed by atoms with Gasteiger partial charge >= 0.3 is 0 Å². The van der Waals surface area contributed by atoms with Crippen LogP contribution in [0.2, 0.25) is 0 Å². The Morgan fingerprint density at radius 3 is 1.96 bits per heavy atom. The van der Waals surface area contributed by atoms with Gasteiger partial charge in [0, 0.05) is 21.8 Å². The minimum atomic E-state index is -0.610. The van der Waals surface area contributed by atoms with E-state index in [4.69, 9.17) is 9.47 Å². The quantitative estimate of drug-likeness (QED) is 0.0817. The van der Waals surface area contributed by atoms with Crippen molar-refractivity contribution in [1.82, 2.24) is 5.32 Å². The zero-order valence-electron chi connectivity index (χ0n) is 28.2. The van der Waals surface area contributed by atoms with Crippen molar-refractivity contribution in [2.45, 2.75) is 10.1 Å². The van der Waals surface area contributed by atoms with Gasteiger partial charge in [-0.2, -0.15) is 0 Å². The van der Waals surface area contributed by atoms with E-state index in [0.29, 0.717) is 34.0 Å². The van der Waals surface area contributed by atoms with Crippen LogP contribution in [0.5, 0.6) is 17.2 Å². The van der Waals surface area contributed by atoms with Gasteiger partial charge in [-0.05, 0) is 96.1 Å². The first-order chi connectivity index (χ1) is 25.4. The number of carbonyl (C=O) groups is 3. The molecule has 6 rings (SSSR count). The topological polar surface area (TPSA) is 106 Å². The van der Waals surface area contributed by atoms with E-state index in [-0.39, 0.29) is 11.6 Å². The predicted molar refractivity (Wildman–Crippen MR) is 207 cm³/mol. The maximum Gasteiger partial charge on any atom is 0.272 e. The van der Waals surface area contributed by atoms with Crippen LogP contribution in [0.15, 0.2) is 174 Å². The van der Waals surface area contributed by atoms with Crippen LogP contribution in [0.25, 0.3) is 6.08 Å². The molecule has 6 aromatic rings. The Kier molecular flexibility index (Phi) is 11.8. The molecule has 0 saturated carbocycles. The highest BCUT2D eigenvalue weighted by atomic mass is 32.2. The fourth-order valence-electron chi connectivity index (χ4n) is 5.16. The van der Waals surface area contributed by atoms with Crippen LogP contribution in [-0.2, 0) is 9.59 Å². The van der Waals surface area contributed by atoms with E-state index < -0.39 is 17.1 Å². The first-order valence-corrected chi connectivity index (χ1v) is 17.3. The van der Waals surface area contributed by atoms with Crippen molar-refractivity contribution < 1.29 is 23.9 Å². The van der Waals surface area contributed by atoms with Crippen molar-refractivity contribution in [1.29, 1.82) is 0 Å². The third kappa shape index (κ3) is 9.77. The van der Waals surface area contributed by atoms with Gasteiger partial charge in [0.1, 0.15) is 28.2 Å².